The number of ether oxygens (including phenoxy) is 1. The summed E-state index contributed by atoms with van der Waals surface area (Å²) in [6, 6.07) is 13.4. The van der Waals surface area contributed by atoms with Gasteiger partial charge in [-0.05, 0) is 44.5 Å². The van der Waals surface area contributed by atoms with Gasteiger partial charge in [0.05, 0.1) is 18.8 Å². The van der Waals surface area contributed by atoms with Gasteiger partial charge in [-0.15, -0.1) is 0 Å². The Labute approximate surface area is 169 Å². The zero-order valence-corrected chi connectivity index (χ0v) is 17.0. The quantitative estimate of drug-likeness (QED) is 0.689. The van der Waals surface area contributed by atoms with Crippen molar-refractivity contribution in [3.63, 3.8) is 0 Å². The van der Waals surface area contributed by atoms with E-state index in [1.54, 1.807) is 21.7 Å². The highest BCUT2D eigenvalue weighted by atomic mass is 16.5. The van der Waals surface area contributed by atoms with Crippen LogP contribution < -0.4 is 5.56 Å². The molecule has 150 valence electrons. The number of aromatic nitrogens is 2. The predicted molar refractivity (Wildman–Crippen MR) is 112 cm³/mol. The second kappa shape index (κ2) is 7.79. The summed E-state index contributed by atoms with van der Waals surface area (Å²) in [6.45, 7) is 7.23. The minimum absolute atomic E-state index is 0.0559. The molecule has 0 aliphatic carbocycles. The van der Waals surface area contributed by atoms with E-state index < -0.39 is 0 Å². The number of morpholine rings is 1. The van der Waals surface area contributed by atoms with Crippen LogP contribution in [0, 0.1) is 6.92 Å². The summed E-state index contributed by atoms with van der Waals surface area (Å²) in [5, 5.41) is 0.775. The fourth-order valence-electron chi connectivity index (χ4n) is 3.90. The van der Waals surface area contributed by atoms with E-state index in [0.29, 0.717) is 25.3 Å². The number of carbonyl (C=O) groups excluding carboxylic acids is 1. The molecule has 6 heteroatoms. The molecule has 2 atom stereocenters. The average molecular weight is 391 g/mol. The number of rotatable bonds is 3. The first-order chi connectivity index (χ1) is 13.9. The Morgan fingerprint density at radius 1 is 1.14 bits per heavy atom. The lowest BCUT2D eigenvalue weighted by Crippen LogP contribution is -2.49. The molecule has 3 heterocycles. The minimum Gasteiger partial charge on any atom is -0.372 e. The Balaban J connectivity index is 1.79. The Morgan fingerprint density at radius 2 is 1.83 bits per heavy atom. The maximum absolute atomic E-state index is 13.3. The van der Waals surface area contributed by atoms with Gasteiger partial charge in [-0.25, -0.2) is 4.98 Å². The van der Waals surface area contributed by atoms with Crippen LogP contribution in [0.2, 0.25) is 0 Å². The molecule has 1 aliphatic rings. The highest BCUT2D eigenvalue weighted by Gasteiger charge is 2.29. The third kappa shape index (κ3) is 3.93. The van der Waals surface area contributed by atoms with Gasteiger partial charge < -0.3 is 9.64 Å². The van der Waals surface area contributed by atoms with E-state index in [1.165, 1.54) is 0 Å². The van der Waals surface area contributed by atoms with Crippen LogP contribution in [0.4, 0.5) is 0 Å². The van der Waals surface area contributed by atoms with Gasteiger partial charge in [0.25, 0.3) is 11.5 Å². The minimum atomic E-state index is -0.312. The van der Waals surface area contributed by atoms with E-state index in [1.807, 2.05) is 57.2 Å². The molecule has 0 bridgehead atoms. The second-order valence-corrected chi connectivity index (χ2v) is 7.82. The summed E-state index contributed by atoms with van der Waals surface area (Å²) in [5.41, 5.74) is 2.59. The van der Waals surface area contributed by atoms with E-state index in [-0.39, 0.29) is 29.2 Å². The molecule has 4 rings (SSSR count). The van der Waals surface area contributed by atoms with Crippen LogP contribution in [0.25, 0.3) is 11.0 Å². The van der Waals surface area contributed by atoms with E-state index in [4.69, 9.17) is 4.74 Å². The van der Waals surface area contributed by atoms with Crippen molar-refractivity contribution in [2.75, 3.05) is 13.1 Å². The molecule has 3 aromatic rings. The van der Waals surface area contributed by atoms with Crippen molar-refractivity contribution in [2.45, 2.75) is 39.5 Å². The lowest BCUT2D eigenvalue weighted by Gasteiger charge is -2.35. The molecule has 0 radical (unpaired) electrons. The van der Waals surface area contributed by atoms with Gasteiger partial charge in [-0.2, -0.15) is 0 Å². The molecule has 1 saturated heterocycles. The van der Waals surface area contributed by atoms with E-state index in [2.05, 4.69) is 4.98 Å². The highest BCUT2D eigenvalue weighted by Crippen LogP contribution is 2.17. The summed E-state index contributed by atoms with van der Waals surface area (Å²) in [4.78, 5) is 32.7. The largest absolute Gasteiger partial charge is 0.372 e. The standard InChI is InChI=1S/C23H25N3O3/c1-15-6-8-18(9-7-15)14-26-21-19(5-4-10-24-21)11-20(23(26)28)22(27)25-12-16(2)29-17(3)13-25/h4-11,16-17H,12-14H2,1-3H3/t16-,17-/m1/s1. The van der Waals surface area contributed by atoms with Gasteiger partial charge in [0, 0.05) is 24.7 Å². The molecule has 1 aromatic carbocycles. The normalized spacial score (nSPS) is 19.5. The predicted octanol–water partition coefficient (Wildman–Crippen LogP) is 3.00. The summed E-state index contributed by atoms with van der Waals surface area (Å²) in [7, 11) is 0. The van der Waals surface area contributed by atoms with Crippen LogP contribution in [-0.4, -0.2) is 45.7 Å². The molecular formula is C23H25N3O3. The van der Waals surface area contributed by atoms with Gasteiger partial charge in [0.2, 0.25) is 0 Å². The third-order valence-electron chi connectivity index (χ3n) is 5.25. The number of benzene rings is 1. The van der Waals surface area contributed by atoms with Crippen molar-refractivity contribution in [3.05, 3.63) is 75.7 Å². The number of carbonyl (C=O) groups is 1. The molecular weight excluding hydrogens is 366 g/mol. The summed E-state index contributed by atoms with van der Waals surface area (Å²) >= 11 is 0. The van der Waals surface area contributed by atoms with Gasteiger partial charge in [0.15, 0.2) is 0 Å². The van der Waals surface area contributed by atoms with E-state index in [9.17, 15) is 9.59 Å². The number of fused-ring (bicyclic) bond motifs is 1. The van der Waals surface area contributed by atoms with Gasteiger partial charge in [0.1, 0.15) is 11.2 Å². The van der Waals surface area contributed by atoms with Crippen molar-refractivity contribution >= 4 is 16.9 Å². The van der Waals surface area contributed by atoms with Crippen LogP contribution in [-0.2, 0) is 11.3 Å². The first kappa shape index (κ1) is 19.3. The first-order valence-electron chi connectivity index (χ1n) is 9.91. The Kier molecular flexibility index (Phi) is 5.20. The third-order valence-corrected chi connectivity index (χ3v) is 5.25. The number of nitrogens with zero attached hydrogens (tertiary/aromatic N) is 3. The molecule has 0 unspecified atom stereocenters. The number of aryl methyl sites for hydroxylation is 1. The molecule has 0 spiro atoms. The summed E-state index contributed by atoms with van der Waals surface area (Å²) in [5.74, 6) is -0.250. The summed E-state index contributed by atoms with van der Waals surface area (Å²) in [6.07, 6.45) is 1.56. The second-order valence-electron chi connectivity index (χ2n) is 7.82. The Morgan fingerprint density at radius 3 is 2.52 bits per heavy atom. The molecule has 0 saturated carbocycles. The SMILES string of the molecule is Cc1ccc(Cn2c(=O)c(C(=O)N3C[C@@H](C)O[C@H](C)C3)cc3cccnc32)cc1. The number of hydrogen-bond donors (Lipinski definition) is 0. The molecule has 29 heavy (non-hydrogen) atoms. The zero-order valence-electron chi connectivity index (χ0n) is 17.0. The number of pyridine rings is 2. The zero-order chi connectivity index (χ0) is 20.5. The van der Waals surface area contributed by atoms with Crippen LogP contribution in [0.5, 0.6) is 0 Å². The van der Waals surface area contributed by atoms with Crippen LogP contribution in [0.15, 0.2) is 53.5 Å². The molecule has 6 nitrogen and oxygen atoms in total. The first-order valence-corrected chi connectivity index (χ1v) is 9.91. The molecule has 1 fully saturated rings. The van der Waals surface area contributed by atoms with Crippen molar-refractivity contribution in [1.82, 2.24) is 14.5 Å². The molecule has 1 amide bonds. The van der Waals surface area contributed by atoms with Crippen LogP contribution >= 0.6 is 0 Å². The lowest BCUT2D eigenvalue weighted by molar-refractivity contribution is -0.0586. The molecule has 0 N–H and O–H groups in total. The molecule has 2 aromatic heterocycles. The van der Waals surface area contributed by atoms with Crippen LogP contribution in [0.1, 0.15) is 35.3 Å². The Hall–Kier alpha value is -2.99. The fourth-order valence-corrected chi connectivity index (χ4v) is 3.90. The van der Waals surface area contributed by atoms with Crippen molar-refractivity contribution in [3.8, 4) is 0 Å². The van der Waals surface area contributed by atoms with E-state index >= 15 is 0 Å². The average Bonchev–Trinajstić information content (AvgIpc) is 2.70. The van der Waals surface area contributed by atoms with E-state index in [0.717, 1.165) is 16.5 Å². The fraction of sp³-hybridized carbons (Fsp3) is 0.348. The smallest absolute Gasteiger partial charge is 0.265 e. The highest BCUT2D eigenvalue weighted by molar-refractivity contribution is 5.97. The Bertz CT molecular complexity index is 1090. The topological polar surface area (TPSA) is 64.4 Å². The maximum atomic E-state index is 13.3. The lowest BCUT2D eigenvalue weighted by atomic mass is 10.1. The van der Waals surface area contributed by atoms with Crippen molar-refractivity contribution < 1.29 is 9.53 Å². The molecule has 1 aliphatic heterocycles. The summed E-state index contributed by atoms with van der Waals surface area (Å²) < 4.78 is 7.33. The maximum Gasteiger partial charge on any atom is 0.265 e. The monoisotopic (exact) mass is 391 g/mol. The van der Waals surface area contributed by atoms with Crippen molar-refractivity contribution in [1.29, 1.82) is 0 Å². The number of hydrogen-bond acceptors (Lipinski definition) is 4. The van der Waals surface area contributed by atoms with Crippen molar-refractivity contribution in [2.24, 2.45) is 0 Å². The van der Waals surface area contributed by atoms with Gasteiger partial charge in [-0.3, -0.25) is 14.2 Å². The van der Waals surface area contributed by atoms with Crippen LogP contribution in [0.3, 0.4) is 0 Å². The van der Waals surface area contributed by atoms with Gasteiger partial charge in [-0.1, -0.05) is 29.8 Å². The number of amides is 1. The van der Waals surface area contributed by atoms with Gasteiger partial charge >= 0.3 is 0 Å².